The van der Waals surface area contributed by atoms with Crippen LogP contribution in [-0.2, 0) is 11.3 Å². The number of likely N-dealkylation sites (tertiary alicyclic amines) is 1. The third-order valence-corrected chi connectivity index (χ3v) is 6.02. The van der Waals surface area contributed by atoms with Gasteiger partial charge in [0.05, 0.1) is 10.7 Å². The van der Waals surface area contributed by atoms with Gasteiger partial charge in [-0.2, -0.15) is 4.68 Å². The second-order valence-electron chi connectivity index (χ2n) is 8.58. The van der Waals surface area contributed by atoms with Crippen LogP contribution < -0.4 is 4.74 Å². The molecule has 1 aliphatic rings. The number of nitrogens with zero attached hydrogens (tertiary/aromatic N) is 6. The van der Waals surface area contributed by atoms with E-state index in [1.54, 1.807) is 28.4 Å². The second-order valence-corrected chi connectivity index (χ2v) is 9.46. The first-order valence-corrected chi connectivity index (χ1v) is 11.2. The van der Waals surface area contributed by atoms with Gasteiger partial charge in [0.15, 0.2) is 5.82 Å². The van der Waals surface area contributed by atoms with Crippen LogP contribution in [0.3, 0.4) is 0 Å². The van der Waals surface area contributed by atoms with Gasteiger partial charge in [-0.1, -0.05) is 0 Å². The van der Waals surface area contributed by atoms with Crippen LogP contribution in [0.4, 0.5) is 9.18 Å². The van der Waals surface area contributed by atoms with Gasteiger partial charge in [0.25, 0.3) is 0 Å². The van der Waals surface area contributed by atoms with Gasteiger partial charge in [-0.05, 0) is 56.2 Å². The molecule has 0 unspecified atom stereocenters. The summed E-state index contributed by atoms with van der Waals surface area (Å²) in [7, 11) is 0. The van der Waals surface area contributed by atoms with Gasteiger partial charge in [-0.3, -0.25) is 0 Å². The van der Waals surface area contributed by atoms with Crippen LogP contribution >= 0.6 is 11.3 Å². The number of carbonyl (C=O) groups excluding carboxylic acids is 1. The minimum absolute atomic E-state index is 0.246. The predicted molar refractivity (Wildman–Crippen MR) is 115 cm³/mol. The van der Waals surface area contributed by atoms with E-state index in [4.69, 9.17) is 14.5 Å². The summed E-state index contributed by atoms with van der Waals surface area (Å²) < 4.78 is 26.7. The molecule has 1 amide bonds. The van der Waals surface area contributed by atoms with Crippen molar-refractivity contribution in [1.29, 1.82) is 0 Å². The Balaban J connectivity index is 1.29. The Morgan fingerprint density at radius 2 is 2.06 bits per heavy atom. The largest absolute Gasteiger partial charge is 0.487 e. The van der Waals surface area contributed by atoms with Gasteiger partial charge in [0.1, 0.15) is 30.0 Å². The predicted octanol–water partition coefficient (Wildman–Crippen LogP) is 3.95. The lowest BCUT2D eigenvalue weighted by atomic mass is 9.98. The van der Waals surface area contributed by atoms with E-state index in [2.05, 4.69) is 15.5 Å². The van der Waals surface area contributed by atoms with Crippen LogP contribution in [-0.4, -0.2) is 54.9 Å². The summed E-state index contributed by atoms with van der Waals surface area (Å²) in [4.78, 5) is 18.7. The standard InChI is InChI=1S/C21H25FN6O3S/c1-21(2,3)31-20(29)27-8-6-14(7-9-27)19-24-15(12-32-19)11-30-16-4-5-18(17(22)10-16)28-13-23-25-26-28/h4-5,10,12-14H,6-9,11H2,1-3H3. The Labute approximate surface area is 189 Å². The maximum atomic E-state index is 14.3. The highest BCUT2D eigenvalue weighted by Gasteiger charge is 2.28. The van der Waals surface area contributed by atoms with E-state index in [-0.39, 0.29) is 18.4 Å². The highest BCUT2D eigenvalue weighted by molar-refractivity contribution is 7.09. The van der Waals surface area contributed by atoms with Gasteiger partial charge in [-0.15, -0.1) is 16.4 Å². The first kappa shape index (κ1) is 22.1. The van der Waals surface area contributed by atoms with Crippen LogP contribution in [0.1, 0.15) is 50.2 Å². The quantitative estimate of drug-likeness (QED) is 0.569. The number of halogens is 1. The van der Waals surface area contributed by atoms with E-state index in [1.165, 1.54) is 17.1 Å². The molecule has 0 aliphatic carbocycles. The fourth-order valence-corrected chi connectivity index (χ4v) is 4.38. The monoisotopic (exact) mass is 460 g/mol. The zero-order chi connectivity index (χ0) is 22.7. The fraction of sp³-hybridized carbons (Fsp3) is 0.476. The topological polar surface area (TPSA) is 95.3 Å². The third kappa shape index (κ3) is 5.39. The maximum Gasteiger partial charge on any atom is 0.410 e. The molecule has 1 aromatic carbocycles. The first-order chi connectivity index (χ1) is 15.3. The summed E-state index contributed by atoms with van der Waals surface area (Å²) in [5, 5.41) is 13.7. The minimum atomic E-state index is -0.491. The average Bonchev–Trinajstić information content (AvgIpc) is 3.44. The number of ether oxygens (including phenoxy) is 2. The summed E-state index contributed by atoms with van der Waals surface area (Å²) in [5.74, 6) is 0.227. The molecule has 0 spiro atoms. The van der Waals surface area contributed by atoms with Crippen molar-refractivity contribution in [1.82, 2.24) is 30.1 Å². The molecule has 1 fully saturated rings. The number of rotatable bonds is 5. The molecule has 0 saturated carbocycles. The van der Waals surface area contributed by atoms with Gasteiger partial charge in [-0.25, -0.2) is 14.2 Å². The highest BCUT2D eigenvalue weighted by Crippen LogP contribution is 2.31. The van der Waals surface area contributed by atoms with Crippen molar-refractivity contribution >= 4 is 17.4 Å². The Kier molecular flexibility index (Phi) is 6.35. The van der Waals surface area contributed by atoms with Crippen LogP contribution in [0.5, 0.6) is 5.75 Å². The molecule has 11 heteroatoms. The molecule has 0 atom stereocenters. The Hall–Kier alpha value is -3.08. The summed E-state index contributed by atoms with van der Waals surface area (Å²) in [6, 6.07) is 4.53. The number of amides is 1. The first-order valence-electron chi connectivity index (χ1n) is 10.4. The normalized spacial score (nSPS) is 15.1. The fourth-order valence-electron chi connectivity index (χ4n) is 3.40. The van der Waals surface area contributed by atoms with E-state index in [0.29, 0.717) is 24.8 Å². The maximum absolute atomic E-state index is 14.3. The molecule has 4 rings (SSSR count). The number of thiazole rings is 1. The van der Waals surface area contributed by atoms with Crippen molar-refractivity contribution in [2.75, 3.05) is 13.1 Å². The van der Waals surface area contributed by atoms with Crippen molar-refractivity contribution in [3.63, 3.8) is 0 Å². The molecule has 2 aromatic heterocycles. The van der Waals surface area contributed by atoms with Gasteiger partial charge < -0.3 is 14.4 Å². The number of benzene rings is 1. The Morgan fingerprint density at radius 1 is 1.28 bits per heavy atom. The van der Waals surface area contributed by atoms with E-state index in [1.807, 2.05) is 26.2 Å². The molecule has 1 saturated heterocycles. The van der Waals surface area contributed by atoms with E-state index >= 15 is 0 Å². The SMILES string of the molecule is CC(C)(C)OC(=O)N1CCC(c2nc(COc3ccc(-n4cnnn4)c(F)c3)cs2)CC1. The van der Waals surface area contributed by atoms with Gasteiger partial charge in [0.2, 0.25) is 0 Å². The lowest BCUT2D eigenvalue weighted by Gasteiger charge is -2.32. The van der Waals surface area contributed by atoms with E-state index < -0.39 is 11.4 Å². The third-order valence-electron chi connectivity index (χ3n) is 4.97. The van der Waals surface area contributed by atoms with Gasteiger partial charge in [0, 0.05) is 30.5 Å². The molecule has 9 nitrogen and oxygen atoms in total. The minimum Gasteiger partial charge on any atom is -0.487 e. The van der Waals surface area contributed by atoms with E-state index in [0.717, 1.165) is 23.5 Å². The molecule has 1 aliphatic heterocycles. The molecule has 3 heterocycles. The van der Waals surface area contributed by atoms with E-state index in [9.17, 15) is 9.18 Å². The summed E-state index contributed by atoms with van der Waals surface area (Å²) in [6.45, 7) is 7.16. The number of piperidine rings is 1. The number of tetrazole rings is 1. The van der Waals surface area contributed by atoms with Crippen molar-refractivity contribution in [2.24, 2.45) is 0 Å². The van der Waals surface area contributed by atoms with Gasteiger partial charge >= 0.3 is 6.09 Å². The van der Waals surface area contributed by atoms with Crippen LogP contribution in [0, 0.1) is 5.82 Å². The van der Waals surface area contributed by atoms with Crippen molar-refractivity contribution in [2.45, 2.75) is 51.7 Å². The second kappa shape index (κ2) is 9.19. The zero-order valence-corrected chi connectivity index (χ0v) is 19.0. The molecular formula is C21H25FN6O3S. The number of hydrogen-bond donors (Lipinski definition) is 0. The lowest BCUT2D eigenvalue weighted by Crippen LogP contribution is -2.41. The molecular weight excluding hydrogens is 435 g/mol. The lowest BCUT2D eigenvalue weighted by molar-refractivity contribution is 0.0204. The van der Waals surface area contributed by atoms with Crippen molar-refractivity contribution < 1.29 is 18.7 Å². The van der Waals surface area contributed by atoms with Crippen molar-refractivity contribution in [3.8, 4) is 11.4 Å². The van der Waals surface area contributed by atoms with Crippen molar-refractivity contribution in [3.05, 3.63) is 46.4 Å². The van der Waals surface area contributed by atoms with Crippen LogP contribution in [0.15, 0.2) is 29.9 Å². The summed E-state index contributed by atoms with van der Waals surface area (Å²) >= 11 is 1.59. The Morgan fingerprint density at radius 3 is 2.72 bits per heavy atom. The van der Waals surface area contributed by atoms with Crippen LogP contribution in [0.25, 0.3) is 5.69 Å². The molecule has 32 heavy (non-hydrogen) atoms. The van der Waals surface area contributed by atoms with Crippen LogP contribution in [0.2, 0.25) is 0 Å². The summed E-state index contributed by atoms with van der Waals surface area (Å²) in [5.41, 5.74) is 0.551. The Bertz CT molecular complexity index is 1060. The average molecular weight is 461 g/mol. The number of carbonyl (C=O) groups is 1. The molecule has 3 aromatic rings. The molecule has 0 bridgehead atoms. The molecule has 170 valence electrons. The molecule has 0 radical (unpaired) electrons. The number of hydrogen-bond acceptors (Lipinski definition) is 8. The highest BCUT2D eigenvalue weighted by atomic mass is 32.1. The zero-order valence-electron chi connectivity index (χ0n) is 18.2. The molecule has 0 N–H and O–H groups in total. The smallest absolute Gasteiger partial charge is 0.410 e. The number of aromatic nitrogens is 5. The summed E-state index contributed by atoms with van der Waals surface area (Å²) in [6.07, 6.45) is 2.75.